The van der Waals surface area contributed by atoms with Gasteiger partial charge in [-0.15, -0.1) is 5.10 Å². The van der Waals surface area contributed by atoms with Crippen molar-refractivity contribution in [3.8, 4) is 11.3 Å². The first-order valence-corrected chi connectivity index (χ1v) is 9.33. The van der Waals surface area contributed by atoms with Gasteiger partial charge in [-0.05, 0) is 55.4 Å². The van der Waals surface area contributed by atoms with Gasteiger partial charge >= 0.3 is 0 Å². The summed E-state index contributed by atoms with van der Waals surface area (Å²) < 4.78 is 34.0. The third kappa shape index (κ3) is 2.42. The topological polar surface area (TPSA) is 51.8 Å². The average molecular weight is 367 g/mol. The fraction of sp³-hybridized carbons (Fsp3) is 0.381. The molecule has 6 rings (SSSR count). The quantitative estimate of drug-likeness (QED) is 0.635. The van der Waals surface area contributed by atoms with Crippen LogP contribution in [-0.2, 0) is 5.41 Å². The normalized spacial score (nSPS) is 23.9. The molecule has 0 radical (unpaired) electrons. The van der Waals surface area contributed by atoms with Gasteiger partial charge in [-0.1, -0.05) is 12.5 Å². The van der Waals surface area contributed by atoms with Gasteiger partial charge in [0, 0.05) is 6.92 Å². The smallest absolute Gasteiger partial charge is 0.191 e. The van der Waals surface area contributed by atoms with Gasteiger partial charge in [0.15, 0.2) is 5.89 Å². The van der Waals surface area contributed by atoms with E-state index in [2.05, 4.69) is 15.2 Å². The van der Waals surface area contributed by atoms with E-state index < -0.39 is 11.6 Å². The Kier molecular flexibility index (Phi) is 3.64. The SMILES string of the molecule is Cc1nc([C@@]23CCC[C@@H](CC2)c2cc(-c4c(F)cccc4F)nnc23)co1. The summed E-state index contributed by atoms with van der Waals surface area (Å²) in [5, 5.41) is 8.75. The Morgan fingerprint density at radius 2 is 1.93 bits per heavy atom. The second-order valence-electron chi connectivity index (χ2n) is 7.59. The highest BCUT2D eigenvalue weighted by molar-refractivity contribution is 5.62. The molecule has 2 bridgehead atoms. The zero-order valence-corrected chi connectivity index (χ0v) is 15.0. The van der Waals surface area contributed by atoms with E-state index in [1.54, 1.807) is 6.26 Å². The summed E-state index contributed by atoms with van der Waals surface area (Å²) in [6.45, 7) is 1.83. The lowest BCUT2D eigenvalue weighted by molar-refractivity contribution is 0.388. The molecule has 0 spiro atoms. The monoisotopic (exact) mass is 367 g/mol. The van der Waals surface area contributed by atoms with Gasteiger partial charge in [-0.2, -0.15) is 5.10 Å². The average Bonchev–Trinajstić information content (AvgIpc) is 2.90. The van der Waals surface area contributed by atoms with E-state index in [1.165, 1.54) is 18.2 Å². The molecule has 138 valence electrons. The maximum absolute atomic E-state index is 14.2. The largest absolute Gasteiger partial charge is 0.449 e. The molecule has 1 aromatic carbocycles. The fourth-order valence-electron chi connectivity index (χ4n) is 4.80. The van der Waals surface area contributed by atoms with Gasteiger partial charge < -0.3 is 4.42 Å². The summed E-state index contributed by atoms with van der Waals surface area (Å²) in [6.07, 6.45) is 6.69. The molecule has 2 heterocycles. The van der Waals surface area contributed by atoms with Gasteiger partial charge in [-0.25, -0.2) is 13.8 Å². The predicted molar refractivity (Wildman–Crippen MR) is 95.2 cm³/mol. The van der Waals surface area contributed by atoms with Crippen LogP contribution in [0.5, 0.6) is 0 Å². The zero-order valence-electron chi connectivity index (χ0n) is 15.0. The third-order valence-corrected chi connectivity index (χ3v) is 6.12. The summed E-state index contributed by atoms with van der Waals surface area (Å²) in [4.78, 5) is 4.60. The van der Waals surface area contributed by atoms with Crippen molar-refractivity contribution in [2.45, 2.75) is 50.4 Å². The number of oxazole rings is 1. The van der Waals surface area contributed by atoms with E-state index in [0.717, 1.165) is 49.1 Å². The van der Waals surface area contributed by atoms with Crippen LogP contribution in [0.4, 0.5) is 8.78 Å². The highest BCUT2D eigenvalue weighted by atomic mass is 19.1. The molecule has 0 saturated heterocycles. The minimum atomic E-state index is -0.620. The van der Waals surface area contributed by atoms with Crippen LogP contribution in [0, 0.1) is 18.6 Å². The Bertz CT molecular complexity index is 1010. The van der Waals surface area contributed by atoms with Crippen molar-refractivity contribution in [2.24, 2.45) is 0 Å². The number of aryl methyl sites for hydroxylation is 1. The first kappa shape index (κ1) is 16.5. The van der Waals surface area contributed by atoms with Gasteiger partial charge in [0.1, 0.15) is 17.9 Å². The van der Waals surface area contributed by atoms with Crippen LogP contribution >= 0.6 is 0 Å². The number of nitrogens with zero attached hydrogens (tertiary/aromatic N) is 3. The summed E-state index contributed by atoms with van der Waals surface area (Å²) >= 11 is 0. The second kappa shape index (κ2) is 5.94. The van der Waals surface area contributed by atoms with Crippen molar-refractivity contribution in [2.75, 3.05) is 0 Å². The molecular weight excluding hydrogens is 348 g/mol. The van der Waals surface area contributed by atoms with E-state index >= 15 is 0 Å². The molecule has 0 aliphatic heterocycles. The standard InChI is InChI=1S/C21H19F2N3O/c1-12-24-18(11-27-12)21-8-3-4-13(7-9-21)14-10-17(25-26-20(14)21)19-15(22)5-2-6-16(19)23/h2,5-6,10-11,13H,3-4,7-9H2,1H3/t13-,21+/m0/s1. The Balaban J connectivity index is 1.71. The summed E-state index contributed by atoms with van der Waals surface area (Å²) in [5.74, 6) is -0.271. The van der Waals surface area contributed by atoms with E-state index in [4.69, 9.17) is 4.42 Å². The minimum Gasteiger partial charge on any atom is -0.449 e. The van der Waals surface area contributed by atoms with E-state index in [-0.39, 0.29) is 16.7 Å². The highest BCUT2D eigenvalue weighted by Crippen LogP contribution is 2.53. The number of rotatable bonds is 2. The van der Waals surface area contributed by atoms with Crippen LogP contribution in [0.15, 0.2) is 34.9 Å². The molecule has 6 heteroatoms. The maximum Gasteiger partial charge on any atom is 0.191 e. The molecule has 2 atom stereocenters. The summed E-state index contributed by atoms with van der Waals surface area (Å²) in [6, 6.07) is 5.69. The van der Waals surface area contributed by atoms with Crippen LogP contribution in [0.25, 0.3) is 11.3 Å². The number of halogens is 2. The predicted octanol–water partition coefficient (Wildman–Crippen LogP) is 5.07. The molecule has 27 heavy (non-hydrogen) atoms. The molecule has 0 N–H and O–H groups in total. The molecule has 0 unspecified atom stereocenters. The van der Waals surface area contributed by atoms with Crippen molar-refractivity contribution < 1.29 is 13.2 Å². The van der Waals surface area contributed by atoms with Gasteiger partial charge in [0.25, 0.3) is 0 Å². The number of aromatic nitrogens is 3. The Labute approximate surface area is 155 Å². The third-order valence-electron chi connectivity index (χ3n) is 6.12. The maximum atomic E-state index is 14.2. The molecule has 3 aliphatic carbocycles. The first-order chi connectivity index (χ1) is 13.1. The Morgan fingerprint density at radius 3 is 2.67 bits per heavy atom. The second-order valence-corrected chi connectivity index (χ2v) is 7.59. The number of hydrogen-bond donors (Lipinski definition) is 0. The lowest BCUT2D eigenvalue weighted by Crippen LogP contribution is -2.33. The molecule has 3 aromatic rings. The molecule has 3 aliphatic rings. The molecule has 0 amide bonds. The van der Waals surface area contributed by atoms with Crippen molar-refractivity contribution >= 4 is 0 Å². The summed E-state index contributed by atoms with van der Waals surface area (Å²) in [5.41, 5.74) is 2.65. The van der Waals surface area contributed by atoms with Crippen LogP contribution < -0.4 is 0 Å². The lowest BCUT2D eigenvalue weighted by atomic mass is 9.68. The van der Waals surface area contributed by atoms with E-state index in [9.17, 15) is 8.78 Å². The number of hydrogen-bond acceptors (Lipinski definition) is 4. The van der Waals surface area contributed by atoms with E-state index in [0.29, 0.717) is 11.8 Å². The molecule has 2 aromatic heterocycles. The molecular formula is C21H19F2N3O. The van der Waals surface area contributed by atoms with E-state index in [1.807, 2.05) is 13.0 Å². The highest BCUT2D eigenvalue weighted by Gasteiger charge is 2.47. The van der Waals surface area contributed by atoms with Crippen molar-refractivity contribution in [1.29, 1.82) is 0 Å². The summed E-state index contributed by atoms with van der Waals surface area (Å²) in [7, 11) is 0. The number of fused-ring (bicyclic) bond motifs is 3. The van der Waals surface area contributed by atoms with Crippen LogP contribution in [-0.4, -0.2) is 15.2 Å². The van der Waals surface area contributed by atoms with Crippen molar-refractivity contribution in [3.63, 3.8) is 0 Å². The van der Waals surface area contributed by atoms with Crippen molar-refractivity contribution in [3.05, 3.63) is 65.0 Å². The Hall–Kier alpha value is -2.63. The lowest BCUT2D eigenvalue weighted by Gasteiger charge is -2.36. The van der Waals surface area contributed by atoms with Crippen LogP contribution in [0.3, 0.4) is 0 Å². The zero-order chi connectivity index (χ0) is 18.6. The Morgan fingerprint density at radius 1 is 1.11 bits per heavy atom. The van der Waals surface area contributed by atoms with Crippen LogP contribution in [0.1, 0.15) is 60.9 Å². The number of benzene rings is 1. The first-order valence-electron chi connectivity index (χ1n) is 9.33. The minimum absolute atomic E-state index is 0.112. The van der Waals surface area contributed by atoms with Gasteiger partial charge in [0.05, 0.1) is 28.1 Å². The molecule has 1 saturated carbocycles. The van der Waals surface area contributed by atoms with Gasteiger partial charge in [-0.3, -0.25) is 0 Å². The van der Waals surface area contributed by atoms with Gasteiger partial charge in [0.2, 0.25) is 0 Å². The molecule has 4 nitrogen and oxygen atoms in total. The molecule has 1 fully saturated rings. The van der Waals surface area contributed by atoms with Crippen molar-refractivity contribution in [1.82, 2.24) is 15.2 Å². The van der Waals surface area contributed by atoms with Crippen LogP contribution in [0.2, 0.25) is 0 Å². The fourth-order valence-corrected chi connectivity index (χ4v) is 4.80.